The molecule has 0 aliphatic heterocycles. The third-order valence-electron chi connectivity index (χ3n) is 7.57. The van der Waals surface area contributed by atoms with Crippen molar-refractivity contribution >= 4 is 22.8 Å². The number of carbonyl (C=O) groups excluding carboxylic acids is 2. The standard InChI is InChI=1S/C26H23F5N6O4/c27-20(28)12-40-15-2-4-18-17(9-33-36(18)11-15)23(39)34-14-5-25(6-14)7-16(8-25)41-24-21(22(32)38)19-3-1-13(26(29,30)31)10-37(19)35-24/h1-4,9-11,14,16,20H,5-8,12H2,(H2,32,38)(H,34,39)/t14-,16-,25?. The number of hydrogen-bond donors (Lipinski definition) is 2. The third-order valence-corrected chi connectivity index (χ3v) is 7.57. The number of halogens is 5. The SMILES string of the molecule is NC(=O)c1c(O[C@H]2CC3(C[C@H](NC(=O)c4cnn5cc(OCC(F)F)ccc45)C3)C2)nn2cc(C(F)(F)F)ccc12. The molecule has 2 fully saturated rings. The number of carbonyl (C=O) groups is 2. The van der Waals surface area contributed by atoms with Crippen molar-refractivity contribution in [3.63, 3.8) is 0 Å². The second-order valence-electron chi connectivity index (χ2n) is 10.5. The highest BCUT2D eigenvalue weighted by Crippen LogP contribution is 2.57. The fourth-order valence-electron chi connectivity index (χ4n) is 5.73. The molecule has 6 rings (SSSR count). The Balaban J connectivity index is 1.05. The van der Waals surface area contributed by atoms with Crippen LogP contribution >= 0.6 is 0 Å². The highest BCUT2D eigenvalue weighted by molar-refractivity contribution is 6.02. The summed E-state index contributed by atoms with van der Waals surface area (Å²) in [5, 5.41) is 11.1. The Bertz CT molecular complexity index is 1650. The number of rotatable bonds is 8. The predicted molar refractivity (Wildman–Crippen MR) is 132 cm³/mol. The molecule has 41 heavy (non-hydrogen) atoms. The van der Waals surface area contributed by atoms with Crippen molar-refractivity contribution in [2.24, 2.45) is 11.1 Å². The number of aromatic nitrogens is 4. The summed E-state index contributed by atoms with van der Waals surface area (Å²) in [6, 6.07) is 4.97. The maximum atomic E-state index is 13.1. The van der Waals surface area contributed by atoms with Gasteiger partial charge in [0, 0.05) is 12.2 Å². The van der Waals surface area contributed by atoms with Crippen LogP contribution in [0.5, 0.6) is 11.6 Å². The first-order chi connectivity index (χ1) is 19.4. The highest BCUT2D eigenvalue weighted by atomic mass is 19.4. The minimum Gasteiger partial charge on any atom is -0.486 e. The fourth-order valence-corrected chi connectivity index (χ4v) is 5.73. The fraction of sp³-hybridized carbons (Fsp3) is 0.385. The molecule has 10 nitrogen and oxygen atoms in total. The van der Waals surface area contributed by atoms with E-state index in [-0.39, 0.29) is 46.2 Å². The van der Waals surface area contributed by atoms with Crippen molar-refractivity contribution in [2.45, 2.75) is 50.4 Å². The molecule has 2 saturated carbocycles. The summed E-state index contributed by atoms with van der Waals surface area (Å²) in [5.41, 5.74) is 5.35. The van der Waals surface area contributed by atoms with Crippen molar-refractivity contribution in [3.8, 4) is 11.6 Å². The topological polar surface area (TPSA) is 125 Å². The lowest BCUT2D eigenvalue weighted by Crippen LogP contribution is -2.58. The van der Waals surface area contributed by atoms with Gasteiger partial charge in [-0.25, -0.2) is 17.8 Å². The van der Waals surface area contributed by atoms with Crippen molar-refractivity contribution in [1.29, 1.82) is 0 Å². The second-order valence-corrected chi connectivity index (χ2v) is 10.5. The van der Waals surface area contributed by atoms with E-state index in [0.29, 0.717) is 36.8 Å². The lowest BCUT2D eigenvalue weighted by Gasteiger charge is -2.57. The molecule has 4 aromatic heterocycles. The minimum absolute atomic E-state index is 0.0594. The van der Waals surface area contributed by atoms with Crippen LogP contribution in [-0.4, -0.2) is 56.2 Å². The zero-order valence-corrected chi connectivity index (χ0v) is 21.2. The summed E-state index contributed by atoms with van der Waals surface area (Å²) in [5.74, 6) is -1.09. The molecule has 0 radical (unpaired) electrons. The first-order valence-electron chi connectivity index (χ1n) is 12.7. The minimum atomic E-state index is -4.58. The summed E-state index contributed by atoms with van der Waals surface area (Å²) in [6.45, 7) is -0.746. The van der Waals surface area contributed by atoms with Gasteiger partial charge in [0.25, 0.3) is 18.2 Å². The maximum Gasteiger partial charge on any atom is 0.417 e. The van der Waals surface area contributed by atoms with E-state index in [1.165, 1.54) is 23.0 Å². The number of ether oxygens (including phenoxy) is 2. The number of nitrogens with zero attached hydrogens (tertiary/aromatic N) is 4. The molecule has 0 bridgehead atoms. The number of amides is 2. The zero-order valence-electron chi connectivity index (χ0n) is 21.2. The van der Waals surface area contributed by atoms with Crippen molar-refractivity contribution < 1.29 is 41.0 Å². The van der Waals surface area contributed by atoms with Crippen LogP contribution in [0.4, 0.5) is 22.0 Å². The Kier molecular flexibility index (Phi) is 6.26. The van der Waals surface area contributed by atoms with Crippen LogP contribution in [-0.2, 0) is 6.18 Å². The number of hydrogen-bond acceptors (Lipinski definition) is 6. The molecule has 0 saturated heterocycles. The maximum absolute atomic E-state index is 13.1. The molecule has 4 heterocycles. The average Bonchev–Trinajstić information content (AvgIpc) is 3.44. The van der Waals surface area contributed by atoms with Gasteiger partial charge in [-0.3, -0.25) is 9.59 Å². The van der Waals surface area contributed by atoms with Gasteiger partial charge in [-0.1, -0.05) is 0 Å². The number of primary amides is 1. The van der Waals surface area contributed by atoms with Gasteiger partial charge in [0.15, 0.2) is 0 Å². The van der Waals surface area contributed by atoms with E-state index in [9.17, 15) is 31.5 Å². The second kappa shape index (κ2) is 9.59. The molecule has 0 unspecified atom stereocenters. The van der Waals surface area contributed by atoms with Crippen molar-refractivity contribution in [2.75, 3.05) is 6.61 Å². The van der Waals surface area contributed by atoms with E-state index < -0.39 is 30.7 Å². The van der Waals surface area contributed by atoms with E-state index in [1.807, 2.05) is 0 Å². The molecule has 0 aromatic carbocycles. The number of nitrogens with two attached hydrogens (primary N) is 1. The largest absolute Gasteiger partial charge is 0.486 e. The van der Waals surface area contributed by atoms with Gasteiger partial charge in [-0.15, -0.1) is 5.10 Å². The summed E-state index contributed by atoms with van der Waals surface area (Å²) in [6.07, 6.45) is -1.26. The molecule has 2 aliphatic rings. The Morgan fingerprint density at radius 1 is 1.07 bits per heavy atom. The highest BCUT2D eigenvalue weighted by Gasteiger charge is 2.54. The molecule has 216 valence electrons. The Morgan fingerprint density at radius 3 is 2.49 bits per heavy atom. The first kappa shape index (κ1) is 26.8. The number of pyridine rings is 2. The zero-order chi connectivity index (χ0) is 29.1. The first-order valence-corrected chi connectivity index (χ1v) is 12.7. The summed E-state index contributed by atoms with van der Waals surface area (Å²) < 4.78 is 77.2. The molecular formula is C26H23F5N6O4. The van der Waals surface area contributed by atoms with Crippen LogP contribution in [0.25, 0.3) is 11.0 Å². The molecule has 15 heteroatoms. The summed E-state index contributed by atoms with van der Waals surface area (Å²) in [4.78, 5) is 24.9. The molecule has 0 atom stereocenters. The molecular weight excluding hydrogens is 555 g/mol. The van der Waals surface area contributed by atoms with Gasteiger partial charge >= 0.3 is 6.18 Å². The van der Waals surface area contributed by atoms with Crippen molar-refractivity contribution in [3.05, 3.63) is 59.5 Å². The van der Waals surface area contributed by atoms with E-state index in [0.717, 1.165) is 22.8 Å². The van der Waals surface area contributed by atoms with Gasteiger partial charge < -0.3 is 20.5 Å². The Morgan fingerprint density at radius 2 is 1.80 bits per heavy atom. The number of nitrogens with one attached hydrogen (secondary N) is 1. The van der Waals surface area contributed by atoms with Crippen LogP contribution in [0.1, 0.15) is 52.0 Å². The van der Waals surface area contributed by atoms with Crippen LogP contribution < -0.4 is 20.5 Å². The van der Waals surface area contributed by atoms with E-state index >= 15 is 0 Å². The number of alkyl halides is 5. The normalized spacial score (nSPS) is 22.1. The molecule has 2 aliphatic carbocycles. The smallest absolute Gasteiger partial charge is 0.417 e. The van der Waals surface area contributed by atoms with Gasteiger partial charge in [-0.05, 0) is 55.4 Å². The molecule has 1 spiro atoms. The molecule has 2 amide bonds. The lowest BCUT2D eigenvalue weighted by molar-refractivity contribution is -0.137. The molecule has 4 aromatic rings. The number of fused-ring (bicyclic) bond motifs is 2. The lowest BCUT2D eigenvalue weighted by atomic mass is 9.53. The van der Waals surface area contributed by atoms with Crippen LogP contribution in [0.15, 0.2) is 42.9 Å². The predicted octanol–water partition coefficient (Wildman–Crippen LogP) is 3.86. The van der Waals surface area contributed by atoms with Gasteiger partial charge in [0.05, 0.1) is 34.6 Å². The monoisotopic (exact) mass is 578 g/mol. The van der Waals surface area contributed by atoms with Crippen LogP contribution in [0.2, 0.25) is 0 Å². The van der Waals surface area contributed by atoms with Gasteiger partial charge in [-0.2, -0.15) is 18.3 Å². The quantitative estimate of drug-likeness (QED) is 0.306. The van der Waals surface area contributed by atoms with Crippen LogP contribution in [0, 0.1) is 5.41 Å². The van der Waals surface area contributed by atoms with Gasteiger partial charge in [0.2, 0.25) is 5.88 Å². The summed E-state index contributed by atoms with van der Waals surface area (Å²) in [7, 11) is 0. The Labute approximate surface area is 228 Å². The average molecular weight is 578 g/mol. The van der Waals surface area contributed by atoms with Crippen LogP contribution in [0.3, 0.4) is 0 Å². The third kappa shape index (κ3) is 5.00. The summed E-state index contributed by atoms with van der Waals surface area (Å²) >= 11 is 0. The molecule has 3 N–H and O–H groups in total. The van der Waals surface area contributed by atoms with E-state index in [2.05, 4.69) is 15.5 Å². The van der Waals surface area contributed by atoms with Crippen molar-refractivity contribution in [1.82, 2.24) is 24.5 Å². The van der Waals surface area contributed by atoms with Gasteiger partial charge in [0.1, 0.15) is 24.0 Å². The van der Waals surface area contributed by atoms with E-state index in [1.54, 1.807) is 6.07 Å². The van der Waals surface area contributed by atoms with E-state index in [4.69, 9.17) is 15.2 Å². The Hall–Kier alpha value is -4.43.